The number of hydrogen-bond donors (Lipinski definition) is 1. The second-order valence-electron chi connectivity index (χ2n) is 7.37. The van der Waals surface area contributed by atoms with E-state index in [-0.39, 0.29) is 17.5 Å². The number of halogens is 1. The molecule has 3 rings (SSSR count). The number of nitrogens with two attached hydrogens (primary N) is 1. The number of fused-ring (bicyclic) bond motifs is 1. The lowest BCUT2D eigenvalue weighted by molar-refractivity contribution is -0.0202. The standard InChI is InChI=1S/C18H26FNO/c1-12(2)8-13-4-3-7-18(10-13)11-16(20)15-9-14(19)5-6-17(15)21-18/h5-6,9,12-13,16H,3-4,7-8,10-11,20H2,1-2H3/t13?,16-,18?/m0/s1. The number of benzene rings is 1. The van der Waals surface area contributed by atoms with E-state index in [0.717, 1.165) is 42.4 Å². The number of ether oxygens (including phenoxy) is 1. The second-order valence-corrected chi connectivity index (χ2v) is 7.37. The fourth-order valence-corrected chi connectivity index (χ4v) is 4.28. The minimum Gasteiger partial charge on any atom is -0.487 e. The molecule has 116 valence electrons. The van der Waals surface area contributed by atoms with Gasteiger partial charge in [-0.25, -0.2) is 4.39 Å². The molecular weight excluding hydrogens is 265 g/mol. The summed E-state index contributed by atoms with van der Waals surface area (Å²) < 4.78 is 19.7. The molecule has 0 amide bonds. The first-order valence-electron chi connectivity index (χ1n) is 8.21. The molecular formula is C18H26FNO. The molecule has 2 N–H and O–H groups in total. The van der Waals surface area contributed by atoms with Crippen LogP contribution in [0.15, 0.2) is 18.2 Å². The van der Waals surface area contributed by atoms with Crippen LogP contribution in [0.3, 0.4) is 0 Å². The first-order chi connectivity index (χ1) is 9.97. The van der Waals surface area contributed by atoms with Crippen LogP contribution in [0.25, 0.3) is 0 Å². The van der Waals surface area contributed by atoms with Gasteiger partial charge < -0.3 is 10.5 Å². The zero-order valence-electron chi connectivity index (χ0n) is 13.1. The monoisotopic (exact) mass is 291 g/mol. The molecule has 1 aliphatic carbocycles. The zero-order chi connectivity index (χ0) is 15.0. The van der Waals surface area contributed by atoms with Gasteiger partial charge in [0.1, 0.15) is 17.2 Å². The van der Waals surface area contributed by atoms with Crippen molar-refractivity contribution in [2.45, 2.75) is 64.0 Å². The quantitative estimate of drug-likeness (QED) is 0.865. The minimum absolute atomic E-state index is 0.109. The number of hydrogen-bond acceptors (Lipinski definition) is 2. The highest BCUT2D eigenvalue weighted by atomic mass is 19.1. The topological polar surface area (TPSA) is 35.2 Å². The van der Waals surface area contributed by atoms with E-state index in [2.05, 4.69) is 13.8 Å². The van der Waals surface area contributed by atoms with Crippen molar-refractivity contribution in [3.8, 4) is 5.75 Å². The van der Waals surface area contributed by atoms with Crippen LogP contribution in [0.2, 0.25) is 0 Å². The molecule has 0 bridgehead atoms. The summed E-state index contributed by atoms with van der Waals surface area (Å²) in [6.07, 6.45) is 6.76. The van der Waals surface area contributed by atoms with Crippen molar-refractivity contribution in [1.29, 1.82) is 0 Å². The molecule has 3 atom stereocenters. The van der Waals surface area contributed by atoms with Crippen molar-refractivity contribution in [1.82, 2.24) is 0 Å². The van der Waals surface area contributed by atoms with Gasteiger partial charge in [0.2, 0.25) is 0 Å². The third kappa shape index (κ3) is 3.08. The Morgan fingerprint density at radius 2 is 2.19 bits per heavy atom. The molecule has 0 aromatic heterocycles. The van der Waals surface area contributed by atoms with Gasteiger partial charge in [-0.05, 0) is 55.7 Å². The molecule has 1 aromatic carbocycles. The summed E-state index contributed by atoms with van der Waals surface area (Å²) in [4.78, 5) is 0. The highest BCUT2D eigenvalue weighted by molar-refractivity contribution is 5.39. The lowest BCUT2D eigenvalue weighted by Crippen LogP contribution is -2.46. The maximum atomic E-state index is 13.4. The van der Waals surface area contributed by atoms with Crippen molar-refractivity contribution < 1.29 is 9.13 Å². The first-order valence-corrected chi connectivity index (χ1v) is 8.21. The average Bonchev–Trinajstić information content (AvgIpc) is 2.39. The van der Waals surface area contributed by atoms with E-state index >= 15 is 0 Å². The Morgan fingerprint density at radius 1 is 1.38 bits per heavy atom. The Morgan fingerprint density at radius 3 is 2.95 bits per heavy atom. The Bertz CT molecular complexity index is 516. The third-order valence-electron chi connectivity index (χ3n) is 5.00. The van der Waals surface area contributed by atoms with Crippen molar-refractivity contribution >= 4 is 0 Å². The van der Waals surface area contributed by atoms with E-state index in [9.17, 15) is 4.39 Å². The molecule has 21 heavy (non-hydrogen) atoms. The molecule has 2 nitrogen and oxygen atoms in total. The van der Waals surface area contributed by atoms with Gasteiger partial charge in [-0.2, -0.15) is 0 Å². The molecule has 1 aliphatic heterocycles. The predicted molar refractivity (Wildman–Crippen MR) is 82.7 cm³/mol. The van der Waals surface area contributed by atoms with Gasteiger partial charge in [-0.1, -0.05) is 20.3 Å². The van der Waals surface area contributed by atoms with Crippen molar-refractivity contribution in [3.63, 3.8) is 0 Å². The van der Waals surface area contributed by atoms with Crippen molar-refractivity contribution in [2.24, 2.45) is 17.6 Å². The van der Waals surface area contributed by atoms with E-state index in [0.29, 0.717) is 0 Å². The van der Waals surface area contributed by atoms with E-state index < -0.39 is 0 Å². The van der Waals surface area contributed by atoms with Gasteiger partial charge >= 0.3 is 0 Å². The van der Waals surface area contributed by atoms with Gasteiger partial charge in [0.15, 0.2) is 0 Å². The second kappa shape index (κ2) is 5.60. The van der Waals surface area contributed by atoms with Crippen LogP contribution in [0.5, 0.6) is 5.75 Å². The molecule has 0 radical (unpaired) electrons. The SMILES string of the molecule is CC(C)CC1CCCC2(C1)C[C@H](N)c1cc(F)ccc1O2. The van der Waals surface area contributed by atoms with Crippen molar-refractivity contribution in [2.75, 3.05) is 0 Å². The summed E-state index contributed by atoms with van der Waals surface area (Å²) in [5.74, 6) is 2.02. The van der Waals surface area contributed by atoms with Gasteiger partial charge in [-0.3, -0.25) is 0 Å². The Kier molecular flexibility index (Phi) is 3.96. The Labute approximate surface area is 126 Å². The highest BCUT2D eigenvalue weighted by Crippen LogP contribution is 2.47. The lowest BCUT2D eigenvalue weighted by Gasteiger charge is -2.46. The van der Waals surface area contributed by atoms with E-state index in [1.54, 1.807) is 6.07 Å². The van der Waals surface area contributed by atoms with Gasteiger partial charge in [0.05, 0.1) is 0 Å². The molecule has 3 heteroatoms. The van der Waals surface area contributed by atoms with Crippen LogP contribution in [0.1, 0.15) is 64.0 Å². The molecule has 2 aliphatic rings. The maximum absolute atomic E-state index is 13.4. The van der Waals surface area contributed by atoms with Crippen LogP contribution in [-0.2, 0) is 0 Å². The van der Waals surface area contributed by atoms with Crippen LogP contribution < -0.4 is 10.5 Å². The third-order valence-corrected chi connectivity index (χ3v) is 5.00. The van der Waals surface area contributed by atoms with Crippen molar-refractivity contribution in [3.05, 3.63) is 29.6 Å². The molecule has 0 saturated heterocycles. The summed E-state index contributed by atoms with van der Waals surface area (Å²) in [6, 6.07) is 4.64. The van der Waals surface area contributed by atoms with Crippen LogP contribution in [0, 0.1) is 17.7 Å². The predicted octanol–water partition coefficient (Wildman–Crippen LogP) is 4.58. The molecule has 2 unspecified atom stereocenters. The molecule has 1 spiro atoms. The zero-order valence-corrected chi connectivity index (χ0v) is 13.1. The fourth-order valence-electron chi connectivity index (χ4n) is 4.28. The summed E-state index contributed by atoms with van der Waals surface area (Å²) in [5.41, 5.74) is 7.02. The van der Waals surface area contributed by atoms with Gasteiger partial charge in [-0.15, -0.1) is 0 Å². The molecule has 1 heterocycles. The van der Waals surface area contributed by atoms with E-state index in [4.69, 9.17) is 10.5 Å². The van der Waals surface area contributed by atoms with E-state index in [1.165, 1.54) is 31.4 Å². The average molecular weight is 291 g/mol. The molecule has 1 aromatic rings. The smallest absolute Gasteiger partial charge is 0.125 e. The van der Waals surface area contributed by atoms with Crippen LogP contribution in [-0.4, -0.2) is 5.60 Å². The summed E-state index contributed by atoms with van der Waals surface area (Å²) in [7, 11) is 0. The van der Waals surface area contributed by atoms with Crippen LogP contribution >= 0.6 is 0 Å². The lowest BCUT2D eigenvalue weighted by atomic mass is 9.71. The van der Waals surface area contributed by atoms with E-state index in [1.807, 2.05) is 0 Å². The molecule has 1 fully saturated rings. The Hall–Kier alpha value is -1.09. The molecule has 1 saturated carbocycles. The summed E-state index contributed by atoms with van der Waals surface area (Å²) in [5, 5.41) is 0. The first kappa shape index (κ1) is 14.8. The van der Waals surface area contributed by atoms with Gasteiger partial charge in [0.25, 0.3) is 0 Å². The van der Waals surface area contributed by atoms with Crippen LogP contribution in [0.4, 0.5) is 4.39 Å². The van der Waals surface area contributed by atoms with Gasteiger partial charge in [0, 0.05) is 18.0 Å². The normalized spacial score (nSPS) is 32.0. The largest absolute Gasteiger partial charge is 0.487 e. The number of rotatable bonds is 2. The fraction of sp³-hybridized carbons (Fsp3) is 0.667. The summed E-state index contributed by atoms with van der Waals surface area (Å²) in [6.45, 7) is 4.57. The Balaban J connectivity index is 1.82. The maximum Gasteiger partial charge on any atom is 0.125 e. The summed E-state index contributed by atoms with van der Waals surface area (Å²) >= 11 is 0. The highest BCUT2D eigenvalue weighted by Gasteiger charge is 2.43. The minimum atomic E-state index is -0.231.